The molecule has 1 aromatic rings. The average molecular weight is 312 g/mol. The molecule has 1 heterocycles. The van der Waals surface area contributed by atoms with E-state index in [9.17, 15) is 13.2 Å². The molecule has 1 amide bonds. The van der Waals surface area contributed by atoms with Gasteiger partial charge in [-0.3, -0.25) is 4.79 Å². The van der Waals surface area contributed by atoms with Gasteiger partial charge in [-0.15, -0.1) is 0 Å². The Morgan fingerprint density at radius 3 is 2.57 bits per heavy atom. The molecular formula is C13H20N4O3S. The Morgan fingerprint density at radius 2 is 2.05 bits per heavy atom. The van der Waals surface area contributed by atoms with Crippen LogP contribution in [0.2, 0.25) is 0 Å². The van der Waals surface area contributed by atoms with Crippen LogP contribution in [0.15, 0.2) is 23.1 Å². The normalized spacial score (nSPS) is 19.2. The number of nitrogens with two attached hydrogens (primary N) is 2. The number of amides is 1. The number of hydrogen-bond acceptors (Lipinski definition) is 5. The Bertz CT molecular complexity index is 657. The molecule has 7 nitrogen and oxygen atoms in total. The first-order valence-corrected chi connectivity index (χ1v) is 8.07. The van der Waals surface area contributed by atoms with E-state index >= 15 is 0 Å². The standard InChI is InChI=1S/C13H20N4O3S/c1-16(2)21(19,20)9-5-6-11(10(14)8-9)17-7-3-4-12(17)13(15)18/h5-6,8,12H,3-4,7,14H2,1-2H3,(H2,15,18). The van der Waals surface area contributed by atoms with Crippen molar-refractivity contribution in [3.8, 4) is 0 Å². The van der Waals surface area contributed by atoms with Gasteiger partial charge in [0.15, 0.2) is 0 Å². The third-order valence-electron chi connectivity index (χ3n) is 3.67. The van der Waals surface area contributed by atoms with Crippen molar-refractivity contribution >= 4 is 27.3 Å². The summed E-state index contributed by atoms with van der Waals surface area (Å²) in [6, 6.07) is 4.16. The molecule has 8 heteroatoms. The molecule has 21 heavy (non-hydrogen) atoms. The second-order valence-electron chi connectivity index (χ2n) is 5.26. The van der Waals surface area contributed by atoms with E-state index in [1.165, 1.54) is 26.2 Å². The molecule has 0 aromatic heterocycles. The van der Waals surface area contributed by atoms with Crippen molar-refractivity contribution in [3.05, 3.63) is 18.2 Å². The summed E-state index contributed by atoms with van der Waals surface area (Å²) < 4.78 is 25.3. The van der Waals surface area contributed by atoms with E-state index in [1.54, 1.807) is 6.07 Å². The predicted octanol–water partition coefficient (Wildman–Crippen LogP) is -0.0268. The molecule has 1 aromatic carbocycles. The highest BCUT2D eigenvalue weighted by molar-refractivity contribution is 7.89. The molecule has 0 saturated carbocycles. The highest BCUT2D eigenvalue weighted by Gasteiger charge is 2.30. The summed E-state index contributed by atoms with van der Waals surface area (Å²) in [7, 11) is -0.604. The smallest absolute Gasteiger partial charge is 0.242 e. The van der Waals surface area contributed by atoms with Crippen molar-refractivity contribution in [2.75, 3.05) is 31.3 Å². The molecule has 0 radical (unpaired) electrons. The van der Waals surface area contributed by atoms with E-state index in [0.717, 1.165) is 10.7 Å². The van der Waals surface area contributed by atoms with Crippen LogP contribution in [0, 0.1) is 0 Å². The number of rotatable bonds is 4. The number of hydrogen-bond donors (Lipinski definition) is 2. The lowest BCUT2D eigenvalue weighted by Crippen LogP contribution is -2.40. The first-order chi connectivity index (χ1) is 9.75. The summed E-state index contributed by atoms with van der Waals surface area (Å²) in [5.41, 5.74) is 12.3. The fourth-order valence-electron chi connectivity index (χ4n) is 2.52. The molecule has 1 saturated heterocycles. The topological polar surface area (TPSA) is 110 Å². The Hall–Kier alpha value is -1.80. The lowest BCUT2D eigenvalue weighted by molar-refractivity contribution is -0.119. The minimum absolute atomic E-state index is 0.128. The molecule has 1 aliphatic rings. The maximum atomic E-state index is 12.1. The molecule has 116 valence electrons. The van der Waals surface area contributed by atoms with E-state index in [0.29, 0.717) is 24.3 Å². The van der Waals surface area contributed by atoms with Crippen LogP contribution >= 0.6 is 0 Å². The van der Waals surface area contributed by atoms with Crippen LogP contribution in [0.25, 0.3) is 0 Å². The zero-order valence-electron chi connectivity index (χ0n) is 12.1. The van der Waals surface area contributed by atoms with Gasteiger partial charge in [0.2, 0.25) is 15.9 Å². The first-order valence-electron chi connectivity index (χ1n) is 6.63. The second-order valence-corrected chi connectivity index (χ2v) is 7.41. The van der Waals surface area contributed by atoms with Gasteiger partial charge in [0.25, 0.3) is 0 Å². The lowest BCUT2D eigenvalue weighted by atomic mass is 10.2. The minimum atomic E-state index is -3.53. The molecular weight excluding hydrogens is 292 g/mol. The van der Waals surface area contributed by atoms with Crippen LogP contribution < -0.4 is 16.4 Å². The van der Waals surface area contributed by atoms with Crippen LogP contribution in [-0.4, -0.2) is 45.3 Å². The van der Waals surface area contributed by atoms with Crippen molar-refractivity contribution in [2.24, 2.45) is 5.73 Å². The van der Waals surface area contributed by atoms with Crippen molar-refractivity contribution < 1.29 is 13.2 Å². The van der Waals surface area contributed by atoms with E-state index in [4.69, 9.17) is 11.5 Å². The Kier molecular flexibility index (Phi) is 4.11. The van der Waals surface area contributed by atoms with Gasteiger partial charge in [-0.25, -0.2) is 12.7 Å². The maximum Gasteiger partial charge on any atom is 0.242 e. The van der Waals surface area contributed by atoms with Gasteiger partial charge in [-0.1, -0.05) is 0 Å². The molecule has 1 unspecified atom stereocenters. The number of nitrogens with zero attached hydrogens (tertiary/aromatic N) is 2. The van der Waals surface area contributed by atoms with Gasteiger partial charge >= 0.3 is 0 Å². The van der Waals surface area contributed by atoms with Crippen molar-refractivity contribution in [1.82, 2.24) is 4.31 Å². The summed E-state index contributed by atoms with van der Waals surface area (Å²) in [5, 5.41) is 0. The molecule has 0 spiro atoms. The van der Waals surface area contributed by atoms with Gasteiger partial charge in [0.05, 0.1) is 16.3 Å². The lowest BCUT2D eigenvalue weighted by Gasteiger charge is -2.26. The van der Waals surface area contributed by atoms with Gasteiger partial charge in [-0.2, -0.15) is 0 Å². The molecule has 0 bridgehead atoms. The SMILES string of the molecule is CN(C)S(=O)(=O)c1ccc(N2CCCC2C(N)=O)c(N)c1. The van der Waals surface area contributed by atoms with Gasteiger partial charge in [-0.05, 0) is 31.0 Å². The van der Waals surface area contributed by atoms with Crippen molar-refractivity contribution in [1.29, 1.82) is 0 Å². The molecule has 1 atom stereocenters. The summed E-state index contributed by atoms with van der Waals surface area (Å²) >= 11 is 0. The van der Waals surface area contributed by atoms with Gasteiger partial charge < -0.3 is 16.4 Å². The summed E-state index contributed by atoms with van der Waals surface area (Å²) in [4.78, 5) is 13.4. The number of carbonyl (C=O) groups is 1. The molecule has 1 aliphatic heterocycles. The molecule has 0 aliphatic carbocycles. The van der Waals surface area contributed by atoms with E-state index in [1.807, 2.05) is 4.90 Å². The molecule has 2 rings (SSSR count). The predicted molar refractivity (Wildman–Crippen MR) is 81.3 cm³/mol. The average Bonchev–Trinajstić information content (AvgIpc) is 2.87. The number of sulfonamides is 1. The quantitative estimate of drug-likeness (QED) is 0.759. The van der Waals surface area contributed by atoms with E-state index in [2.05, 4.69) is 0 Å². The van der Waals surface area contributed by atoms with Crippen molar-refractivity contribution in [3.63, 3.8) is 0 Å². The van der Waals surface area contributed by atoms with Crippen LogP contribution in [-0.2, 0) is 14.8 Å². The second kappa shape index (κ2) is 5.53. The zero-order valence-corrected chi connectivity index (χ0v) is 12.9. The maximum absolute atomic E-state index is 12.1. The minimum Gasteiger partial charge on any atom is -0.397 e. The number of anilines is 2. The highest BCUT2D eigenvalue weighted by Crippen LogP contribution is 2.32. The fraction of sp³-hybridized carbons (Fsp3) is 0.462. The number of primary amides is 1. The fourth-order valence-corrected chi connectivity index (χ4v) is 3.45. The van der Waals surface area contributed by atoms with Crippen LogP contribution in [0.1, 0.15) is 12.8 Å². The molecule has 1 fully saturated rings. The highest BCUT2D eigenvalue weighted by atomic mass is 32.2. The Morgan fingerprint density at radius 1 is 1.38 bits per heavy atom. The van der Waals surface area contributed by atoms with Crippen molar-refractivity contribution in [2.45, 2.75) is 23.8 Å². The molecule has 4 N–H and O–H groups in total. The summed E-state index contributed by atoms with van der Waals surface area (Å²) in [6.07, 6.45) is 1.54. The van der Waals surface area contributed by atoms with Gasteiger partial charge in [0, 0.05) is 20.6 Å². The number of benzene rings is 1. The van der Waals surface area contributed by atoms with E-state index < -0.39 is 15.9 Å². The first kappa shape index (κ1) is 15.6. The third kappa shape index (κ3) is 2.81. The van der Waals surface area contributed by atoms with Gasteiger partial charge in [0.1, 0.15) is 6.04 Å². The largest absolute Gasteiger partial charge is 0.397 e. The van der Waals surface area contributed by atoms with E-state index in [-0.39, 0.29) is 10.9 Å². The third-order valence-corrected chi connectivity index (χ3v) is 5.48. The summed E-state index contributed by atoms with van der Waals surface area (Å²) in [5.74, 6) is -0.392. The Balaban J connectivity index is 2.39. The summed E-state index contributed by atoms with van der Waals surface area (Å²) in [6.45, 7) is 0.678. The van der Waals surface area contributed by atoms with Crippen LogP contribution in [0.4, 0.5) is 11.4 Å². The zero-order chi connectivity index (χ0) is 15.8. The number of carbonyl (C=O) groups excluding carboxylic acids is 1. The monoisotopic (exact) mass is 312 g/mol. The Labute approximate surface area is 124 Å². The number of nitrogen functional groups attached to an aromatic ring is 1. The van der Waals surface area contributed by atoms with Crippen LogP contribution in [0.5, 0.6) is 0 Å². The van der Waals surface area contributed by atoms with Crippen LogP contribution in [0.3, 0.4) is 0 Å².